The molecule has 1 rings (SSSR count). The van der Waals surface area contributed by atoms with Crippen molar-refractivity contribution < 1.29 is 5.11 Å². The maximum atomic E-state index is 9.22. The molecule has 0 bridgehead atoms. The summed E-state index contributed by atoms with van der Waals surface area (Å²) in [6.07, 6.45) is 1.49. The summed E-state index contributed by atoms with van der Waals surface area (Å²) in [6.45, 7) is 1.83. The van der Waals surface area contributed by atoms with Crippen LogP contribution in [0.15, 0.2) is 23.3 Å². The van der Waals surface area contributed by atoms with Crippen LogP contribution < -0.4 is 5.84 Å². The van der Waals surface area contributed by atoms with Crippen molar-refractivity contribution in [3.05, 3.63) is 29.3 Å². The van der Waals surface area contributed by atoms with E-state index in [9.17, 15) is 5.11 Å². The van der Waals surface area contributed by atoms with Gasteiger partial charge in [0.05, 0.1) is 6.21 Å². The minimum Gasteiger partial charge on any atom is -0.508 e. The molecule has 0 unspecified atom stereocenters. The molecule has 0 aliphatic heterocycles. The Bertz CT molecular complexity index is 281. The number of aromatic hydroxyl groups is 1. The highest BCUT2D eigenvalue weighted by molar-refractivity contribution is 5.80. The van der Waals surface area contributed by atoms with Gasteiger partial charge in [-0.25, -0.2) is 0 Å². The fourth-order valence-electron chi connectivity index (χ4n) is 0.793. The third-order valence-corrected chi connectivity index (χ3v) is 1.46. The van der Waals surface area contributed by atoms with E-state index < -0.39 is 0 Å². The molecule has 1 aromatic carbocycles. The van der Waals surface area contributed by atoms with E-state index in [-0.39, 0.29) is 5.75 Å². The van der Waals surface area contributed by atoms with Gasteiger partial charge < -0.3 is 10.9 Å². The number of nitrogens with zero attached hydrogens (tertiary/aromatic N) is 1. The molecule has 0 saturated heterocycles. The second kappa shape index (κ2) is 3.05. The molecule has 0 spiro atoms. The second-order valence-electron chi connectivity index (χ2n) is 2.32. The van der Waals surface area contributed by atoms with Crippen LogP contribution in [0, 0.1) is 6.92 Å². The molecule has 3 N–H and O–H groups in total. The minimum absolute atomic E-state index is 0.266. The molecule has 3 heteroatoms. The van der Waals surface area contributed by atoms with E-state index in [1.165, 1.54) is 6.21 Å². The lowest BCUT2D eigenvalue weighted by Crippen LogP contribution is -1.86. The zero-order chi connectivity index (χ0) is 8.27. The van der Waals surface area contributed by atoms with Crippen molar-refractivity contribution >= 4 is 6.21 Å². The van der Waals surface area contributed by atoms with Crippen molar-refractivity contribution in [1.82, 2.24) is 0 Å². The fraction of sp³-hybridized carbons (Fsp3) is 0.125. The van der Waals surface area contributed by atoms with E-state index in [2.05, 4.69) is 5.10 Å². The first-order valence-corrected chi connectivity index (χ1v) is 3.27. The number of hydrazone groups is 1. The van der Waals surface area contributed by atoms with Gasteiger partial charge in [0.2, 0.25) is 0 Å². The Balaban J connectivity index is 3.05. The van der Waals surface area contributed by atoms with Gasteiger partial charge in [-0.3, -0.25) is 0 Å². The zero-order valence-corrected chi connectivity index (χ0v) is 6.28. The topological polar surface area (TPSA) is 58.6 Å². The Morgan fingerprint density at radius 3 is 2.82 bits per heavy atom. The first kappa shape index (κ1) is 7.60. The molecule has 1 aromatic rings. The highest BCUT2D eigenvalue weighted by Gasteiger charge is 1.94. The van der Waals surface area contributed by atoms with E-state index in [0.29, 0.717) is 0 Å². The predicted octanol–water partition coefficient (Wildman–Crippen LogP) is 0.993. The van der Waals surface area contributed by atoms with Gasteiger partial charge in [-0.2, -0.15) is 5.10 Å². The molecule has 58 valence electrons. The molecule has 0 aliphatic rings. The highest BCUT2D eigenvalue weighted by Crippen LogP contribution is 2.15. The Morgan fingerprint density at radius 1 is 1.55 bits per heavy atom. The first-order valence-electron chi connectivity index (χ1n) is 3.27. The van der Waals surface area contributed by atoms with Crippen LogP contribution in [0.4, 0.5) is 0 Å². The first-order chi connectivity index (χ1) is 5.24. The molecule has 11 heavy (non-hydrogen) atoms. The molecule has 0 atom stereocenters. The van der Waals surface area contributed by atoms with E-state index in [1.54, 1.807) is 6.07 Å². The van der Waals surface area contributed by atoms with Crippen LogP contribution in [0.3, 0.4) is 0 Å². The number of aryl methyl sites for hydroxylation is 1. The lowest BCUT2D eigenvalue weighted by molar-refractivity contribution is 0.471. The van der Waals surface area contributed by atoms with Crippen LogP contribution in [0.5, 0.6) is 5.75 Å². The van der Waals surface area contributed by atoms with Gasteiger partial charge in [0, 0.05) is 0 Å². The van der Waals surface area contributed by atoms with Crippen molar-refractivity contribution in [3.8, 4) is 5.75 Å². The second-order valence-corrected chi connectivity index (χ2v) is 2.32. The van der Waals surface area contributed by atoms with Gasteiger partial charge in [-0.1, -0.05) is 12.1 Å². The number of phenolic OH excluding ortho intramolecular Hbond substituents is 1. The lowest BCUT2D eigenvalue weighted by Gasteiger charge is -1.97. The maximum Gasteiger partial charge on any atom is 0.119 e. The summed E-state index contributed by atoms with van der Waals surface area (Å²) in [4.78, 5) is 0. The molecule has 0 fully saturated rings. The summed E-state index contributed by atoms with van der Waals surface area (Å²) < 4.78 is 0. The zero-order valence-electron chi connectivity index (χ0n) is 6.28. The van der Waals surface area contributed by atoms with E-state index in [0.717, 1.165) is 11.1 Å². The number of hydrogen-bond donors (Lipinski definition) is 2. The van der Waals surface area contributed by atoms with E-state index in [4.69, 9.17) is 5.84 Å². The molecule has 0 saturated carbocycles. The standard InChI is InChI=1S/C8H10N2O/c1-6-2-3-7(5-10-9)4-8(6)11/h2-5,11H,9H2,1H3. The lowest BCUT2D eigenvalue weighted by atomic mass is 10.1. The summed E-state index contributed by atoms with van der Waals surface area (Å²) in [6, 6.07) is 5.27. The van der Waals surface area contributed by atoms with Crippen molar-refractivity contribution in [1.29, 1.82) is 0 Å². The number of nitrogens with two attached hydrogens (primary N) is 1. The van der Waals surface area contributed by atoms with Gasteiger partial charge in [-0.05, 0) is 24.1 Å². The largest absolute Gasteiger partial charge is 0.508 e. The van der Waals surface area contributed by atoms with Crippen molar-refractivity contribution in [2.75, 3.05) is 0 Å². The normalized spacial score (nSPS) is 10.6. The summed E-state index contributed by atoms with van der Waals surface area (Å²) in [7, 11) is 0. The molecule has 3 nitrogen and oxygen atoms in total. The summed E-state index contributed by atoms with van der Waals surface area (Å²) >= 11 is 0. The van der Waals surface area contributed by atoms with E-state index >= 15 is 0 Å². The minimum atomic E-state index is 0.266. The quantitative estimate of drug-likeness (QED) is 0.356. The SMILES string of the molecule is Cc1ccc(C=NN)cc1O. The molecule has 0 heterocycles. The summed E-state index contributed by atoms with van der Waals surface area (Å²) in [5, 5.41) is 12.6. The van der Waals surface area contributed by atoms with Gasteiger partial charge in [0.25, 0.3) is 0 Å². The van der Waals surface area contributed by atoms with Gasteiger partial charge in [-0.15, -0.1) is 0 Å². The van der Waals surface area contributed by atoms with Crippen molar-refractivity contribution in [3.63, 3.8) is 0 Å². The number of rotatable bonds is 1. The van der Waals surface area contributed by atoms with Crippen LogP contribution in [0.1, 0.15) is 11.1 Å². The molecule has 0 amide bonds. The van der Waals surface area contributed by atoms with Crippen LogP contribution in [-0.2, 0) is 0 Å². The third kappa shape index (κ3) is 1.70. The van der Waals surface area contributed by atoms with E-state index in [1.807, 2.05) is 19.1 Å². The Labute approximate surface area is 65.2 Å². The van der Waals surface area contributed by atoms with Crippen LogP contribution in [-0.4, -0.2) is 11.3 Å². The maximum absolute atomic E-state index is 9.22. The number of hydrogen-bond acceptors (Lipinski definition) is 3. The van der Waals surface area contributed by atoms with Crippen molar-refractivity contribution in [2.45, 2.75) is 6.92 Å². The number of phenols is 1. The molecular weight excluding hydrogens is 140 g/mol. The van der Waals surface area contributed by atoms with Crippen molar-refractivity contribution in [2.24, 2.45) is 10.9 Å². The predicted molar refractivity (Wildman–Crippen MR) is 44.6 cm³/mol. The third-order valence-electron chi connectivity index (χ3n) is 1.46. The highest BCUT2D eigenvalue weighted by atomic mass is 16.3. The molecule has 0 aromatic heterocycles. The Kier molecular flexibility index (Phi) is 2.11. The number of benzene rings is 1. The smallest absolute Gasteiger partial charge is 0.119 e. The van der Waals surface area contributed by atoms with Gasteiger partial charge >= 0.3 is 0 Å². The van der Waals surface area contributed by atoms with Gasteiger partial charge in [0.15, 0.2) is 0 Å². The summed E-state index contributed by atoms with van der Waals surface area (Å²) in [5.41, 5.74) is 1.65. The fourth-order valence-corrected chi connectivity index (χ4v) is 0.793. The van der Waals surface area contributed by atoms with Crippen LogP contribution in [0.25, 0.3) is 0 Å². The van der Waals surface area contributed by atoms with Crippen LogP contribution >= 0.6 is 0 Å². The van der Waals surface area contributed by atoms with Gasteiger partial charge in [0.1, 0.15) is 5.75 Å². The molecule has 0 aliphatic carbocycles. The Hall–Kier alpha value is -1.51. The van der Waals surface area contributed by atoms with Crippen LogP contribution in [0.2, 0.25) is 0 Å². The molecule has 0 radical (unpaired) electrons. The monoisotopic (exact) mass is 150 g/mol. The molecular formula is C8H10N2O. The summed E-state index contributed by atoms with van der Waals surface area (Å²) in [5.74, 6) is 5.20. The Morgan fingerprint density at radius 2 is 2.27 bits per heavy atom. The average Bonchev–Trinajstić information content (AvgIpc) is 1.98. The average molecular weight is 150 g/mol.